The summed E-state index contributed by atoms with van der Waals surface area (Å²) >= 11 is 6.26. The van der Waals surface area contributed by atoms with Gasteiger partial charge in [0.05, 0.1) is 0 Å². The molecule has 0 bridgehead atoms. The highest BCUT2D eigenvalue weighted by Crippen LogP contribution is 2.29. The third-order valence-electron chi connectivity index (χ3n) is 3.75. The Morgan fingerprint density at radius 1 is 1.21 bits per heavy atom. The fourth-order valence-corrected chi connectivity index (χ4v) is 2.84. The van der Waals surface area contributed by atoms with E-state index in [1.165, 1.54) is 30.4 Å². The topological polar surface area (TPSA) is 12.0 Å². The van der Waals surface area contributed by atoms with Crippen LogP contribution in [-0.4, -0.2) is 6.54 Å². The van der Waals surface area contributed by atoms with Gasteiger partial charge in [-0.15, -0.1) is 0 Å². The molecule has 108 valence electrons. The monoisotopic (exact) mass is 281 g/mol. The van der Waals surface area contributed by atoms with Gasteiger partial charge in [-0.05, 0) is 49.4 Å². The maximum atomic E-state index is 6.26. The van der Waals surface area contributed by atoms with Gasteiger partial charge in [-0.25, -0.2) is 0 Å². The van der Waals surface area contributed by atoms with E-state index < -0.39 is 0 Å². The highest BCUT2D eigenvalue weighted by atomic mass is 35.5. The summed E-state index contributed by atoms with van der Waals surface area (Å²) in [6.45, 7) is 10.0. The van der Waals surface area contributed by atoms with Gasteiger partial charge in [-0.1, -0.05) is 57.3 Å². The van der Waals surface area contributed by atoms with E-state index in [1.807, 2.05) is 6.07 Å². The van der Waals surface area contributed by atoms with Gasteiger partial charge in [-0.2, -0.15) is 0 Å². The minimum Gasteiger partial charge on any atom is -0.310 e. The van der Waals surface area contributed by atoms with E-state index in [2.05, 4.69) is 45.1 Å². The van der Waals surface area contributed by atoms with Crippen molar-refractivity contribution in [2.24, 2.45) is 5.92 Å². The molecule has 0 saturated heterocycles. The van der Waals surface area contributed by atoms with E-state index in [0.29, 0.717) is 6.04 Å². The summed E-state index contributed by atoms with van der Waals surface area (Å²) in [7, 11) is 0. The van der Waals surface area contributed by atoms with Crippen molar-refractivity contribution in [1.82, 2.24) is 5.32 Å². The lowest BCUT2D eigenvalue weighted by Crippen LogP contribution is -2.24. The average Bonchev–Trinajstić information content (AvgIpc) is 2.38. The van der Waals surface area contributed by atoms with Gasteiger partial charge in [0.2, 0.25) is 0 Å². The second-order valence-corrected chi connectivity index (χ2v) is 6.00. The van der Waals surface area contributed by atoms with E-state index in [-0.39, 0.29) is 0 Å². The Bertz CT molecular complexity index is 376. The van der Waals surface area contributed by atoms with Crippen molar-refractivity contribution in [3.8, 4) is 0 Å². The first-order valence-corrected chi connectivity index (χ1v) is 7.96. The molecule has 1 rings (SSSR count). The van der Waals surface area contributed by atoms with Crippen LogP contribution >= 0.6 is 11.6 Å². The van der Waals surface area contributed by atoms with E-state index in [0.717, 1.165) is 23.9 Å². The molecule has 0 spiro atoms. The molecule has 0 saturated carbocycles. The average molecular weight is 282 g/mol. The third kappa shape index (κ3) is 5.16. The Morgan fingerprint density at radius 2 is 1.95 bits per heavy atom. The van der Waals surface area contributed by atoms with Crippen LogP contribution < -0.4 is 5.32 Å². The molecule has 1 nitrogen and oxygen atoms in total. The van der Waals surface area contributed by atoms with Crippen LogP contribution in [0.4, 0.5) is 0 Å². The largest absolute Gasteiger partial charge is 0.310 e. The minimum absolute atomic E-state index is 0.431. The molecular weight excluding hydrogens is 254 g/mol. The maximum absolute atomic E-state index is 6.26. The summed E-state index contributed by atoms with van der Waals surface area (Å²) in [6, 6.07) is 6.69. The molecule has 0 heterocycles. The van der Waals surface area contributed by atoms with Crippen molar-refractivity contribution in [1.29, 1.82) is 0 Å². The van der Waals surface area contributed by atoms with Gasteiger partial charge < -0.3 is 5.32 Å². The second kappa shape index (κ2) is 8.60. The van der Waals surface area contributed by atoms with Gasteiger partial charge >= 0.3 is 0 Å². The summed E-state index contributed by atoms with van der Waals surface area (Å²) in [5.41, 5.74) is 2.59. The SMILES string of the molecule is CCCNC(CC(C)CCC)c1cccc(Cl)c1C. The van der Waals surface area contributed by atoms with Crippen molar-refractivity contribution >= 4 is 11.6 Å². The molecule has 1 aromatic rings. The lowest BCUT2D eigenvalue weighted by molar-refractivity contribution is 0.389. The Kier molecular flexibility index (Phi) is 7.48. The van der Waals surface area contributed by atoms with Crippen LogP contribution in [0.15, 0.2) is 18.2 Å². The molecule has 0 radical (unpaired) electrons. The summed E-state index contributed by atoms with van der Waals surface area (Å²) in [5, 5.41) is 4.56. The van der Waals surface area contributed by atoms with Gasteiger partial charge in [-0.3, -0.25) is 0 Å². The molecule has 19 heavy (non-hydrogen) atoms. The number of nitrogens with one attached hydrogen (secondary N) is 1. The lowest BCUT2D eigenvalue weighted by atomic mass is 9.91. The first-order chi connectivity index (χ1) is 9.10. The summed E-state index contributed by atoms with van der Waals surface area (Å²) in [5.74, 6) is 0.748. The van der Waals surface area contributed by atoms with Crippen LogP contribution in [0.3, 0.4) is 0 Å². The van der Waals surface area contributed by atoms with Crippen molar-refractivity contribution in [3.63, 3.8) is 0 Å². The number of hydrogen-bond donors (Lipinski definition) is 1. The van der Waals surface area contributed by atoms with Crippen LogP contribution in [-0.2, 0) is 0 Å². The third-order valence-corrected chi connectivity index (χ3v) is 4.15. The van der Waals surface area contributed by atoms with Gasteiger partial charge in [0, 0.05) is 11.1 Å². The highest BCUT2D eigenvalue weighted by molar-refractivity contribution is 6.31. The van der Waals surface area contributed by atoms with Crippen molar-refractivity contribution in [3.05, 3.63) is 34.3 Å². The molecule has 0 amide bonds. The molecular formula is C17H28ClN. The van der Waals surface area contributed by atoms with E-state index in [4.69, 9.17) is 11.6 Å². The van der Waals surface area contributed by atoms with Crippen LogP contribution in [0.2, 0.25) is 5.02 Å². The van der Waals surface area contributed by atoms with Crippen LogP contribution in [0.1, 0.15) is 63.6 Å². The molecule has 1 N–H and O–H groups in total. The van der Waals surface area contributed by atoms with Crippen LogP contribution in [0.5, 0.6) is 0 Å². The van der Waals surface area contributed by atoms with Crippen molar-refractivity contribution < 1.29 is 0 Å². The van der Waals surface area contributed by atoms with Gasteiger partial charge in [0.15, 0.2) is 0 Å². The molecule has 2 heteroatoms. The summed E-state index contributed by atoms with van der Waals surface area (Å²) < 4.78 is 0. The van der Waals surface area contributed by atoms with Gasteiger partial charge in [0.25, 0.3) is 0 Å². The van der Waals surface area contributed by atoms with Crippen molar-refractivity contribution in [2.45, 2.75) is 59.4 Å². The number of rotatable bonds is 8. The molecule has 1 aromatic carbocycles. The van der Waals surface area contributed by atoms with Crippen LogP contribution in [0, 0.1) is 12.8 Å². The first-order valence-electron chi connectivity index (χ1n) is 7.58. The van der Waals surface area contributed by atoms with E-state index in [9.17, 15) is 0 Å². The van der Waals surface area contributed by atoms with Crippen molar-refractivity contribution in [2.75, 3.05) is 6.54 Å². The maximum Gasteiger partial charge on any atom is 0.0438 e. The Balaban J connectivity index is 2.85. The minimum atomic E-state index is 0.431. The van der Waals surface area contributed by atoms with E-state index in [1.54, 1.807) is 0 Å². The van der Waals surface area contributed by atoms with Crippen LogP contribution in [0.25, 0.3) is 0 Å². The Hall–Kier alpha value is -0.530. The fraction of sp³-hybridized carbons (Fsp3) is 0.647. The normalized spacial score (nSPS) is 14.4. The predicted molar refractivity (Wildman–Crippen MR) is 85.9 cm³/mol. The molecule has 0 fully saturated rings. The zero-order chi connectivity index (χ0) is 14.3. The standard InChI is InChI=1S/C17H28ClN/c1-5-8-13(3)12-17(19-11-6-2)15-9-7-10-16(18)14(15)4/h7,9-10,13,17,19H,5-6,8,11-12H2,1-4H3. The number of benzene rings is 1. The molecule has 2 atom stereocenters. The zero-order valence-electron chi connectivity index (χ0n) is 12.8. The zero-order valence-corrected chi connectivity index (χ0v) is 13.6. The van der Waals surface area contributed by atoms with E-state index >= 15 is 0 Å². The lowest BCUT2D eigenvalue weighted by Gasteiger charge is -2.24. The highest BCUT2D eigenvalue weighted by Gasteiger charge is 2.17. The molecule has 0 aliphatic heterocycles. The Labute approximate surface area is 123 Å². The number of hydrogen-bond acceptors (Lipinski definition) is 1. The molecule has 0 aromatic heterocycles. The number of halogens is 1. The predicted octanol–water partition coefficient (Wildman–Crippen LogP) is 5.52. The summed E-state index contributed by atoms with van der Waals surface area (Å²) in [4.78, 5) is 0. The fourth-order valence-electron chi connectivity index (χ4n) is 2.65. The molecule has 0 aliphatic rings. The quantitative estimate of drug-likeness (QED) is 0.662. The molecule has 0 aliphatic carbocycles. The second-order valence-electron chi connectivity index (χ2n) is 5.59. The van der Waals surface area contributed by atoms with Gasteiger partial charge in [0.1, 0.15) is 0 Å². The summed E-state index contributed by atoms with van der Waals surface area (Å²) in [6.07, 6.45) is 4.91. The Morgan fingerprint density at radius 3 is 2.58 bits per heavy atom. The molecule has 2 unspecified atom stereocenters. The first kappa shape index (κ1) is 16.5. The smallest absolute Gasteiger partial charge is 0.0438 e.